The average Bonchev–Trinajstić information content (AvgIpc) is 3.37. The maximum atomic E-state index is 13.5. The number of fused-ring (bicyclic) bond motifs is 2. The Bertz CT molecular complexity index is 1790. The SMILES string of the molecule is O=C(NS(=O)(=O)c1ccc(NCC2CCOCC2)c([N+](=O)[O-])c1)c1ccccc1N1CCCOc2nc3[nH]ccc3cc21. The van der Waals surface area contributed by atoms with Gasteiger partial charge in [0.05, 0.1) is 27.7 Å². The van der Waals surface area contributed by atoms with Gasteiger partial charge in [-0.15, -0.1) is 0 Å². The number of aromatic amines is 1. The van der Waals surface area contributed by atoms with Crippen LogP contribution in [0.4, 0.5) is 22.7 Å². The predicted molar refractivity (Wildman–Crippen MR) is 159 cm³/mol. The van der Waals surface area contributed by atoms with Crippen LogP contribution in [0.5, 0.6) is 5.88 Å². The number of carbonyl (C=O) groups is 1. The van der Waals surface area contributed by atoms with Gasteiger partial charge in [0, 0.05) is 44.0 Å². The number of H-pyrrole nitrogens is 1. The van der Waals surface area contributed by atoms with Gasteiger partial charge in [0.1, 0.15) is 17.0 Å². The van der Waals surface area contributed by atoms with E-state index in [-0.39, 0.29) is 11.3 Å². The molecule has 0 unspecified atom stereocenters. The van der Waals surface area contributed by atoms with Gasteiger partial charge in [-0.25, -0.2) is 13.1 Å². The first-order chi connectivity index (χ1) is 20.8. The van der Waals surface area contributed by atoms with Crippen LogP contribution in [0, 0.1) is 16.0 Å². The van der Waals surface area contributed by atoms with Crippen LogP contribution in [0.3, 0.4) is 0 Å². The van der Waals surface area contributed by atoms with Crippen molar-refractivity contribution < 1.29 is 27.6 Å². The van der Waals surface area contributed by atoms with Crippen LogP contribution in [0.2, 0.25) is 0 Å². The summed E-state index contributed by atoms with van der Waals surface area (Å²) in [4.78, 5) is 33.8. The summed E-state index contributed by atoms with van der Waals surface area (Å²) < 4.78 is 40.0. The number of aromatic nitrogens is 2. The number of pyridine rings is 1. The number of hydrogen-bond donors (Lipinski definition) is 3. The maximum absolute atomic E-state index is 13.5. The summed E-state index contributed by atoms with van der Waals surface area (Å²) in [5, 5.41) is 15.8. The van der Waals surface area contributed by atoms with Crippen molar-refractivity contribution >= 4 is 49.7 Å². The molecule has 0 aliphatic carbocycles. The zero-order valence-corrected chi connectivity index (χ0v) is 23.9. The van der Waals surface area contributed by atoms with Crippen molar-refractivity contribution in [2.75, 3.05) is 43.1 Å². The topological polar surface area (TPSA) is 169 Å². The van der Waals surface area contributed by atoms with Crippen LogP contribution < -0.4 is 19.7 Å². The molecule has 13 nitrogen and oxygen atoms in total. The molecule has 4 aromatic rings. The van der Waals surface area contributed by atoms with Crippen LogP contribution in [0.1, 0.15) is 29.6 Å². The molecule has 0 saturated carbocycles. The Hall–Kier alpha value is -4.69. The van der Waals surface area contributed by atoms with Crippen molar-refractivity contribution in [3.8, 4) is 5.88 Å². The monoisotopic (exact) mass is 606 g/mol. The minimum absolute atomic E-state index is 0.109. The number of nitrogens with one attached hydrogen (secondary N) is 3. The normalized spacial score (nSPS) is 15.8. The zero-order valence-electron chi connectivity index (χ0n) is 23.1. The lowest BCUT2D eigenvalue weighted by Gasteiger charge is -2.25. The van der Waals surface area contributed by atoms with Crippen molar-refractivity contribution in [1.29, 1.82) is 0 Å². The van der Waals surface area contributed by atoms with Gasteiger partial charge in [-0.05, 0) is 61.6 Å². The van der Waals surface area contributed by atoms with E-state index in [1.807, 2.05) is 17.0 Å². The van der Waals surface area contributed by atoms with Crippen LogP contribution in [-0.2, 0) is 14.8 Å². The Morgan fingerprint density at radius 2 is 1.91 bits per heavy atom. The van der Waals surface area contributed by atoms with Crippen LogP contribution >= 0.6 is 0 Å². The van der Waals surface area contributed by atoms with E-state index >= 15 is 0 Å². The molecule has 14 heteroatoms. The molecule has 43 heavy (non-hydrogen) atoms. The average molecular weight is 607 g/mol. The lowest BCUT2D eigenvalue weighted by molar-refractivity contribution is -0.384. The van der Waals surface area contributed by atoms with E-state index in [1.54, 1.807) is 24.4 Å². The van der Waals surface area contributed by atoms with Gasteiger partial charge in [-0.2, -0.15) is 4.98 Å². The van der Waals surface area contributed by atoms with Gasteiger partial charge in [0.15, 0.2) is 0 Å². The highest BCUT2D eigenvalue weighted by atomic mass is 32.2. The van der Waals surface area contributed by atoms with Gasteiger partial charge in [0.2, 0.25) is 5.88 Å². The molecule has 2 aliphatic rings. The van der Waals surface area contributed by atoms with Crippen molar-refractivity contribution in [2.45, 2.75) is 24.2 Å². The Morgan fingerprint density at radius 1 is 1.09 bits per heavy atom. The molecule has 6 rings (SSSR count). The molecule has 1 saturated heterocycles. The Balaban J connectivity index is 1.26. The van der Waals surface area contributed by atoms with Crippen LogP contribution in [0.15, 0.2) is 65.7 Å². The molecule has 4 heterocycles. The summed E-state index contributed by atoms with van der Waals surface area (Å²) in [5.74, 6) is -0.181. The number of anilines is 3. The van der Waals surface area contributed by atoms with E-state index in [0.29, 0.717) is 68.2 Å². The molecule has 224 valence electrons. The molecule has 2 aliphatic heterocycles. The minimum Gasteiger partial charge on any atom is -0.476 e. The number of ether oxygens (including phenoxy) is 2. The molecule has 3 N–H and O–H groups in total. The standard InChI is InChI=1S/C29H30N6O7S/c36-28(33-43(39,40)21-6-7-23(25(17-21)35(37)38)31-18-19-9-14-41-15-10-19)22-4-1-2-5-24(22)34-12-3-13-42-29-26(34)16-20-8-11-30-27(20)32-29/h1-2,4-8,11,16-17,19,31H,3,9-10,12-15,18H2,(H,30,32)(H,33,36). The number of carbonyl (C=O) groups excluding carboxylic acids is 1. The first kappa shape index (κ1) is 28.4. The summed E-state index contributed by atoms with van der Waals surface area (Å²) in [5.41, 5.74) is 1.70. The third-order valence-electron chi connectivity index (χ3n) is 7.60. The fourth-order valence-corrected chi connectivity index (χ4v) is 6.32. The zero-order chi connectivity index (χ0) is 30.0. The number of benzene rings is 2. The summed E-state index contributed by atoms with van der Waals surface area (Å²) >= 11 is 0. The molecular weight excluding hydrogens is 576 g/mol. The van der Waals surface area contributed by atoms with Crippen molar-refractivity contribution in [3.63, 3.8) is 0 Å². The largest absolute Gasteiger partial charge is 0.476 e. The number of hydrogen-bond acceptors (Lipinski definition) is 10. The summed E-state index contributed by atoms with van der Waals surface area (Å²) in [6.45, 7) is 2.69. The maximum Gasteiger partial charge on any atom is 0.293 e. The first-order valence-electron chi connectivity index (χ1n) is 13.9. The van der Waals surface area contributed by atoms with E-state index < -0.39 is 31.4 Å². The highest BCUT2D eigenvalue weighted by Crippen LogP contribution is 2.38. The van der Waals surface area contributed by atoms with E-state index in [2.05, 4.69) is 20.0 Å². The molecule has 0 radical (unpaired) electrons. The molecule has 0 bridgehead atoms. The number of amides is 1. The van der Waals surface area contributed by atoms with Gasteiger partial charge in [0.25, 0.3) is 21.6 Å². The highest BCUT2D eigenvalue weighted by Gasteiger charge is 2.28. The van der Waals surface area contributed by atoms with Gasteiger partial charge >= 0.3 is 0 Å². The lowest BCUT2D eigenvalue weighted by atomic mass is 10.0. The van der Waals surface area contributed by atoms with Crippen LogP contribution in [-0.4, -0.2) is 62.1 Å². The third kappa shape index (κ3) is 5.96. The second kappa shape index (κ2) is 11.9. The number of nitrogens with zero attached hydrogens (tertiary/aromatic N) is 3. The summed E-state index contributed by atoms with van der Waals surface area (Å²) in [7, 11) is -4.46. The number of nitro groups is 1. The third-order valence-corrected chi connectivity index (χ3v) is 8.93. The van der Waals surface area contributed by atoms with E-state index in [4.69, 9.17) is 9.47 Å². The van der Waals surface area contributed by atoms with Gasteiger partial charge in [-0.1, -0.05) is 12.1 Å². The Kier molecular flexibility index (Phi) is 7.86. The second-order valence-corrected chi connectivity index (χ2v) is 12.1. The fourth-order valence-electron chi connectivity index (χ4n) is 5.34. The predicted octanol–water partition coefficient (Wildman–Crippen LogP) is 4.35. The molecule has 1 amide bonds. The number of nitro benzene ring substituents is 1. The Morgan fingerprint density at radius 3 is 2.72 bits per heavy atom. The lowest BCUT2D eigenvalue weighted by Crippen LogP contribution is -2.32. The summed E-state index contributed by atoms with van der Waals surface area (Å²) in [6.07, 6.45) is 4.08. The molecule has 0 atom stereocenters. The van der Waals surface area contributed by atoms with E-state index in [9.17, 15) is 23.3 Å². The van der Waals surface area contributed by atoms with E-state index in [0.717, 1.165) is 24.3 Å². The number of para-hydroxylation sites is 1. The number of rotatable bonds is 8. The quantitative estimate of drug-likeness (QED) is 0.194. The molecule has 0 spiro atoms. The van der Waals surface area contributed by atoms with Crippen molar-refractivity contribution in [2.24, 2.45) is 5.92 Å². The van der Waals surface area contributed by atoms with Crippen molar-refractivity contribution in [3.05, 3.63) is 76.5 Å². The van der Waals surface area contributed by atoms with Gasteiger partial charge in [-0.3, -0.25) is 14.9 Å². The highest BCUT2D eigenvalue weighted by molar-refractivity contribution is 7.90. The van der Waals surface area contributed by atoms with Crippen LogP contribution in [0.25, 0.3) is 11.0 Å². The molecule has 2 aromatic heterocycles. The second-order valence-electron chi connectivity index (χ2n) is 10.4. The fraction of sp³-hybridized carbons (Fsp3) is 0.310. The minimum atomic E-state index is -4.46. The van der Waals surface area contributed by atoms with Crippen molar-refractivity contribution in [1.82, 2.24) is 14.7 Å². The van der Waals surface area contributed by atoms with Gasteiger partial charge < -0.3 is 24.7 Å². The molecule has 1 fully saturated rings. The Labute approximate surface area is 247 Å². The first-order valence-corrected chi connectivity index (χ1v) is 15.4. The molecular formula is C29H30N6O7S. The summed E-state index contributed by atoms with van der Waals surface area (Å²) in [6, 6.07) is 14.0. The molecule has 2 aromatic carbocycles. The number of sulfonamides is 1. The van der Waals surface area contributed by atoms with E-state index in [1.165, 1.54) is 18.2 Å². The smallest absolute Gasteiger partial charge is 0.293 e.